The average Bonchev–Trinajstić information content (AvgIpc) is 2.75. The average molecular weight is 420 g/mol. The maximum atomic E-state index is 12.3. The summed E-state index contributed by atoms with van der Waals surface area (Å²) in [6.07, 6.45) is 5.11. The highest BCUT2D eigenvalue weighted by Crippen LogP contribution is 2.24. The first-order valence-electron chi connectivity index (χ1n) is 10.8. The zero-order chi connectivity index (χ0) is 22.4. The topological polar surface area (TPSA) is 103 Å². The molecular weight excluding hydrogens is 382 g/mol. The minimum Gasteiger partial charge on any atom is -0.466 e. The van der Waals surface area contributed by atoms with Gasteiger partial charge >= 0.3 is 5.97 Å². The van der Waals surface area contributed by atoms with Gasteiger partial charge in [-0.15, -0.1) is 0 Å². The summed E-state index contributed by atoms with van der Waals surface area (Å²) in [6.45, 7) is 8.58. The van der Waals surface area contributed by atoms with Crippen molar-refractivity contribution in [2.45, 2.75) is 72.3 Å². The monoisotopic (exact) mass is 419 g/mol. The van der Waals surface area contributed by atoms with Gasteiger partial charge in [0, 0.05) is 12.1 Å². The zero-order valence-corrected chi connectivity index (χ0v) is 18.7. The predicted octanol–water partition coefficient (Wildman–Crippen LogP) is 3.76. The third-order valence-electron chi connectivity index (χ3n) is 4.65. The molecule has 4 N–H and O–H groups in total. The first-order chi connectivity index (χ1) is 14.4. The predicted molar refractivity (Wildman–Crippen MR) is 119 cm³/mol. The van der Waals surface area contributed by atoms with E-state index in [4.69, 9.17) is 15.2 Å². The lowest BCUT2D eigenvalue weighted by Gasteiger charge is -2.23. The molecule has 0 aliphatic carbocycles. The van der Waals surface area contributed by atoms with Crippen molar-refractivity contribution in [1.82, 2.24) is 10.6 Å². The number of carbonyl (C=O) groups excluding carboxylic acids is 2. The van der Waals surface area contributed by atoms with E-state index in [1.54, 1.807) is 19.1 Å². The van der Waals surface area contributed by atoms with Gasteiger partial charge in [0.15, 0.2) is 6.35 Å². The highest BCUT2D eigenvalue weighted by atomic mass is 16.5. The van der Waals surface area contributed by atoms with E-state index in [-0.39, 0.29) is 30.9 Å². The number of amides is 1. The number of hydrogen-bond acceptors (Lipinski definition) is 6. The minimum absolute atomic E-state index is 0.154. The van der Waals surface area contributed by atoms with Crippen molar-refractivity contribution in [3.8, 4) is 0 Å². The van der Waals surface area contributed by atoms with Crippen LogP contribution in [0.4, 0.5) is 0 Å². The van der Waals surface area contributed by atoms with Crippen LogP contribution in [-0.2, 0) is 14.3 Å². The van der Waals surface area contributed by atoms with Gasteiger partial charge in [-0.3, -0.25) is 15.3 Å². The van der Waals surface area contributed by atoms with Crippen molar-refractivity contribution in [1.29, 1.82) is 0 Å². The van der Waals surface area contributed by atoms with Crippen molar-refractivity contribution < 1.29 is 19.1 Å². The largest absolute Gasteiger partial charge is 0.466 e. The summed E-state index contributed by atoms with van der Waals surface area (Å²) in [5.41, 5.74) is 8.78. The van der Waals surface area contributed by atoms with Crippen molar-refractivity contribution >= 4 is 11.9 Å². The summed E-state index contributed by atoms with van der Waals surface area (Å²) in [5.74, 6) is -0.548. The van der Waals surface area contributed by atoms with Crippen LogP contribution in [0.1, 0.15) is 81.8 Å². The SMILES string of the molecule is CCCCC(OC(N)N/C=C(/C)CC)c1ccc(C(=O)NCCC(=O)OCC)cc1. The first kappa shape index (κ1) is 25.7. The van der Waals surface area contributed by atoms with E-state index in [0.717, 1.165) is 31.2 Å². The third-order valence-corrected chi connectivity index (χ3v) is 4.65. The van der Waals surface area contributed by atoms with Gasteiger partial charge in [0.25, 0.3) is 5.91 Å². The molecule has 2 unspecified atom stereocenters. The van der Waals surface area contributed by atoms with Gasteiger partial charge in [0.1, 0.15) is 0 Å². The molecule has 0 saturated heterocycles. The van der Waals surface area contributed by atoms with Gasteiger partial charge in [-0.2, -0.15) is 0 Å². The molecule has 0 radical (unpaired) electrons. The lowest BCUT2D eigenvalue weighted by atomic mass is 10.0. The molecule has 0 heterocycles. The summed E-state index contributed by atoms with van der Waals surface area (Å²) in [6, 6.07) is 7.30. The number of rotatable bonds is 14. The molecule has 2 atom stereocenters. The number of hydrogen-bond donors (Lipinski definition) is 3. The second kappa shape index (κ2) is 14.6. The molecule has 7 heteroatoms. The number of nitrogens with one attached hydrogen (secondary N) is 2. The summed E-state index contributed by atoms with van der Waals surface area (Å²) < 4.78 is 10.9. The summed E-state index contributed by atoms with van der Waals surface area (Å²) in [5, 5.41) is 5.80. The number of benzene rings is 1. The molecule has 0 fully saturated rings. The maximum Gasteiger partial charge on any atom is 0.307 e. The fourth-order valence-electron chi connectivity index (χ4n) is 2.71. The molecule has 1 aromatic carbocycles. The number of esters is 1. The Morgan fingerprint density at radius 3 is 2.47 bits per heavy atom. The molecule has 0 aliphatic heterocycles. The van der Waals surface area contributed by atoms with Crippen LogP contribution in [-0.4, -0.2) is 31.4 Å². The molecule has 0 aliphatic rings. The smallest absolute Gasteiger partial charge is 0.307 e. The molecule has 30 heavy (non-hydrogen) atoms. The normalized spacial score (nSPS) is 13.4. The highest BCUT2D eigenvalue weighted by Gasteiger charge is 2.16. The Morgan fingerprint density at radius 2 is 1.87 bits per heavy atom. The summed E-state index contributed by atoms with van der Waals surface area (Å²) in [7, 11) is 0. The number of ether oxygens (including phenoxy) is 2. The van der Waals surface area contributed by atoms with E-state index in [0.29, 0.717) is 12.2 Å². The first-order valence-corrected chi connectivity index (χ1v) is 10.8. The second-order valence-electron chi connectivity index (χ2n) is 7.13. The molecule has 0 saturated carbocycles. The number of nitrogens with two attached hydrogens (primary N) is 1. The standard InChI is InChI=1S/C23H37N3O4/c1-5-8-9-20(30-23(24)26-16-17(4)6-2)18-10-12-19(13-11-18)22(28)25-15-14-21(27)29-7-3/h10-13,16,20,23,26H,5-9,14-15,24H2,1-4H3,(H,25,28)/b17-16-. The van der Waals surface area contributed by atoms with Gasteiger partial charge < -0.3 is 20.1 Å². The van der Waals surface area contributed by atoms with Crippen molar-refractivity contribution in [2.24, 2.45) is 5.73 Å². The van der Waals surface area contributed by atoms with Gasteiger partial charge in [0.2, 0.25) is 0 Å². The van der Waals surface area contributed by atoms with Crippen LogP contribution < -0.4 is 16.4 Å². The van der Waals surface area contributed by atoms with E-state index in [2.05, 4.69) is 24.5 Å². The second-order valence-corrected chi connectivity index (χ2v) is 7.13. The van der Waals surface area contributed by atoms with E-state index in [1.807, 2.05) is 25.3 Å². The quantitative estimate of drug-likeness (QED) is 0.313. The molecule has 0 spiro atoms. The van der Waals surface area contributed by atoms with Gasteiger partial charge in [-0.1, -0.05) is 44.4 Å². The van der Waals surface area contributed by atoms with Gasteiger partial charge in [0.05, 0.1) is 19.1 Å². The molecule has 0 bridgehead atoms. The Hall–Kier alpha value is -2.38. The maximum absolute atomic E-state index is 12.3. The number of unbranched alkanes of at least 4 members (excludes halogenated alkanes) is 1. The fourth-order valence-corrected chi connectivity index (χ4v) is 2.71. The molecule has 7 nitrogen and oxygen atoms in total. The van der Waals surface area contributed by atoms with Gasteiger partial charge in [-0.05, 0) is 50.6 Å². The molecule has 1 aromatic rings. The summed E-state index contributed by atoms with van der Waals surface area (Å²) in [4.78, 5) is 23.6. The number of carbonyl (C=O) groups is 2. The minimum atomic E-state index is -0.612. The molecule has 168 valence electrons. The van der Waals surface area contributed by atoms with Crippen LogP contribution in [0.5, 0.6) is 0 Å². The fraction of sp³-hybridized carbons (Fsp3) is 0.565. The molecule has 1 amide bonds. The van der Waals surface area contributed by atoms with E-state index >= 15 is 0 Å². The molecule has 0 aromatic heterocycles. The zero-order valence-electron chi connectivity index (χ0n) is 18.7. The lowest BCUT2D eigenvalue weighted by molar-refractivity contribution is -0.142. The van der Waals surface area contributed by atoms with Crippen LogP contribution in [0.3, 0.4) is 0 Å². The Morgan fingerprint density at radius 1 is 1.17 bits per heavy atom. The van der Waals surface area contributed by atoms with Crippen LogP contribution in [0.15, 0.2) is 36.0 Å². The Bertz CT molecular complexity index is 674. The Balaban J connectivity index is 2.69. The van der Waals surface area contributed by atoms with Crippen LogP contribution in [0.2, 0.25) is 0 Å². The molecular formula is C23H37N3O4. The van der Waals surface area contributed by atoms with E-state index in [1.165, 1.54) is 5.57 Å². The van der Waals surface area contributed by atoms with E-state index in [9.17, 15) is 9.59 Å². The lowest BCUT2D eigenvalue weighted by Crippen LogP contribution is -2.38. The van der Waals surface area contributed by atoms with Gasteiger partial charge in [-0.25, -0.2) is 0 Å². The van der Waals surface area contributed by atoms with Crippen molar-refractivity contribution in [3.63, 3.8) is 0 Å². The highest BCUT2D eigenvalue weighted by molar-refractivity contribution is 5.94. The van der Waals surface area contributed by atoms with Crippen molar-refractivity contribution in [2.75, 3.05) is 13.2 Å². The van der Waals surface area contributed by atoms with E-state index < -0.39 is 6.35 Å². The van der Waals surface area contributed by atoms with Crippen molar-refractivity contribution in [3.05, 3.63) is 47.2 Å². The molecule has 1 rings (SSSR count). The van der Waals surface area contributed by atoms with Crippen LogP contribution >= 0.6 is 0 Å². The van der Waals surface area contributed by atoms with Crippen LogP contribution in [0.25, 0.3) is 0 Å². The summed E-state index contributed by atoms with van der Waals surface area (Å²) >= 11 is 0. The number of allylic oxidation sites excluding steroid dienone is 1. The Kier molecular flexibility index (Phi) is 12.5. The van der Waals surface area contributed by atoms with Crippen LogP contribution in [0, 0.1) is 0 Å². The Labute approximate surface area is 180 Å². The third kappa shape index (κ3) is 9.89.